The molecule has 134 valence electrons. The van der Waals surface area contributed by atoms with Crippen molar-refractivity contribution in [2.45, 2.75) is 32.0 Å². The van der Waals surface area contributed by atoms with Crippen molar-refractivity contribution in [1.82, 2.24) is 9.88 Å². The summed E-state index contributed by atoms with van der Waals surface area (Å²) < 4.78 is 24.1. The summed E-state index contributed by atoms with van der Waals surface area (Å²) >= 11 is 0. The fourth-order valence-corrected chi connectivity index (χ4v) is 2.96. The van der Waals surface area contributed by atoms with Gasteiger partial charge >= 0.3 is 0 Å². The maximum atomic E-state index is 13.0. The smallest absolute Gasteiger partial charge is 0.228 e. The molecule has 0 bridgehead atoms. The van der Waals surface area contributed by atoms with Crippen LogP contribution in [0.1, 0.15) is 19.5 Å². The van der Waals surface area contributed by atoms with Crippen LogP contribution in [0.5, 0.6) is 0 Å². The van der Waals surface area contributed by atoms with Crippen LogP contribution in [0.3, 0.4) is 0 Å². The molecule has 2 heterocycles. The average Bonchev–Trinajstić information content (AvgIpc) is 3.02. The van der Waals surface area contributed by atoms with E-state index < -0.39 is 5.60 Å². The minimum Gasteiger partial charge on any atom is -0.444 e. The van der Waals surface area contributed by atoms with Gasteiger partial charge in [0.25, 0.3) is 0 Å². The van der Waals surface area contributed by atoms with Crippen molar-refractivity contribution < 1.29 is 23.4 Å². The molecule has 1 aliphatic rings. The average molecular weight is 348 g/mol. The van der Waals surface area contributed by atoms with E-state index in [1.165, 1.54) is 18.4 Å². The number of morpholine rings is 1. The molecule has 1 aromatic heterocycles. The van der Waals surface area contributed by atoms with Gasteiger partial charge in [-0.2, -0.15) is 0 Å². The van der Waals surface area contributed by atoms with E-state index in [9.17, 15) is 14.3 Å². The van der Waals surface area contributed by atoms with E-state index in [0.717, 1.165) is 0 Å². The standard InChI is InChI=1S/C18H21FN2O4/c1-18(2)11-21(8-15(9-22)25-18)16(23)7-14-10-24-17(20-14)12-3-5-13(19)6-4-12/h3-6,10,15,22H,7-9,11H2,1-2H3. The molecule has 7 heteroatoms. The molecular formula is C18H21FN2O4. The second-order valence-electron chi connectivity index (χ2n) is 6.78. The topological polar surface area (TPSA) is 75.8 Å². The fourth-order valence-electron chi connectivity index (χ4n) is 2.96. The van der Waals surface area contributed by atoms with Crippen LogP contribution in [0.25, 0.3) is 11.5 Å². The summed E-state index contributed by atoms with van der Waals surface area (Å²) in [6.45, 7) is 4.44. The Morgan fingerprint density at radius 2 is 2.12 bits per heavy atom. The van der Waals surface area contributed by atoms with E-state index in [1.807, 2.05) is 13.8 Å². The van der Waals surface area contributed by atoms with Crippen LogP contribution in [0, 0.1) is 5.82 Å². The second-order valence-corrected chi connectivity index (χ2v) is 6.78. The number of carbonyl (C=O) groups excluding carboxylic acids is 1. The number of benzene rings is 1. The third-order valence-corrected chi connectivity index (χ3v) is 4.01. The Morgan fingerprint density at radius 1 is 1.40 bits per heavy atom. The molecule has 1 fully saturated rings. The van der Waals surface area contributed by atoms with Gasteiger partial charge in [-0.15, -0.1) is 0 Å². The number of hydrogen-bond donors (Lipinski definition) is 1. The van der Waals surface area contributed by atoms with Crippen molar-refractivity contribution in [2.24, 2.45) is 0 Å². The molecule has 0 radical (unpaired) electrons. The number of aliphatic hydroxyl groups is 1. The predicted octanol–water partition coefficient (Wildman–Crippen LogP) is 2.02. The summed E-state index contributed by atoms with van der Waals surface area (Å²) in [4.78, 5) is 18.5. The number of oxazole rings is 1. The highest BCUT2D eigenvalue weighted by atomic mass is 19.1. The Kier molecular flexibility index (Phi) is 4.87. The fraction of sp³-hybridized carbons (Fsp3) is 0.444. The van der Waals surface area contributed by atoms with Gasteiger partial charge in [-0.3, -0.25) is 4.79 Å². The lowest BCUT2D eigenvalue weighted by Crippen LogP contribution is -2.55. The van der Waals surface area contributed by atoms with Crippen molar-refractivity contribution in [1.29, 1.82) is 0 Å². The third kappa shape index (κ3) is 4.24. The number of halogens is 1. The van der Waals surface area contributed by atoms with Gasteiger partial charge in [-0.1, -0.05) is 0 Å². The molecule has 2 aromatic rings. The van der Waals surface area contributed by atoms with Crippen molar-refractivity contribution >= 4 is 5.91 Å². The lowest BCUT2D eigenvalue weighted by atomic mass is 10.0. The van der Waals surface area contributed by atoms with Crippen LogP contribution in [0.15, 0.2) is 34.9 Å². The van der Waals surface area contributed by atoms with Crippen LogP contribution in [0.4, 0.5) is 4.39 Å². The molecule has 1 aromatic carbocycles. The molecule has 0 saturated carbocycles. The molecule has 0 spiro atoms. The number of nitrogens with zero attached hydrogens (tertiary/aromatic N) is 2. The highest BCUT2D eigenvalue weighted by molar-refractivity contribution is 5.78. The zero-order valence-electron chi connectivity index (χ0n) is 14.2. The first kappa shape index (κ1) is 17.6. The first-order valence-electron chi connectivity index (χ1n) is 8.13. The monoisotopic (exact) mass is 348 g/mol. The summed E-state index contributed by atoms with van der Waals surface area (Å²) in [5.41, 5.74) is 0.645. The molecule has 3 rings (SSSR count). The van der Waals surface area contributed by atoms with Crippen LogP contribution in [-0.4, -0.2) is 52.3 Å². The molecule has 1 amide bonds. The van der Waals surface area contributed by atoms with E-state index >= 15 is 0 Å². The summed E-state index contributed by atoms with van der Waals surface area (Å²) in [5, 5.41) is 9.34. The Balaban J connectivity index is 1.68. The number of aromatic nitrogens is 1. The first-order valence-corrected chi connectivity index (χ1v) is 8.13. The number of aliphatic hydroxyl groups excluding tert-OH is 1. The molecule has 1 aliphatic heterocycles. The van der Waals surface area contributed by atoms with E-state index in [-0.39, 0.29) is 30.9 Å². The Bertz CT molecular complexity index is 742. The minimum atomic E-state index is -0.510. The largest absolute Gasteiger partial charge is 0.444 e. The third-order valence-electron chi connectivity index (χ3n) is 4.01. The zero-order valence-corrected chi connectivity index (χ0v) is 14.2. The van der Waals surface area contributed by atoms with Gasteiger partial charge in [0.2, 0.25) is 11.8 Å². The van der Waals surface area contributed by atoms with E-state index in [2.05, 4.69) is 4.98 Å². The maximum absolute atomic E-state index is 13.0. The molecule has 25 heavy (non-hydrogen) atoms. The molecule has 1 unspecified atom stereocenters. The maximum Gasteiger partial charge on any atom is 0.228 e. The Hall–Kier alpha value is -2.25. The summed E-state index contributed by atoms with van der Waals surface area (Å²) in [7, 11) is 0. The SMILES string of the molecule is CC1(C)CN(C(=O)Cc2coc(-c3ccc(F)cc3)n2)CC(CO)O1. The van der Waals surface area contributed by atoms with Crippen LogP contribution >= 0.6 is 0 Å². The molecule has 1 atom stereocenters. The molecule has 1 saturated heterocycles. The van der Waals surface area contributed by atoms with Crippen molar-refractivity contribution in [3.8, 4) is 11.5 Å². The molecule has 0 aliphatic carbocycles. The number of ether oxygens (including phenoxy) is 1. The Morgan fingerprint density at radius 3 is 2.80 bits per heavy atom. The normalized spacial score (nSPS) is 19.8. The number of amides is 1. The summed E-state index contributed by atoms with van der Waals surface area (Å²) in [5.74, 6) is -0.0915. The summed E-state index contributed by atoms with van der Waals surface area (Å²) in [6.07, 6.45) is 1.14. The van der Waals surface area contributed by atoms with Gasteiger partial charge in [-0.05, 0) is 38.1 Å². The summed E-state index contributed by atoms with van der Waals surface area (Å²) in [6, 6.07) is 5.80. The predicted molar refractivity (Wildman–Crippen MR) is 88.2 cm³/mol. The minimum absolute atomic E-state index is 0.0962. The molecule has 1 N–H and O–H groups in total. The number of hydrogen-bond acceptors (Lipinski definition) is 5. The second kappa shape index (κ2) is 6.93. The van der Waals surface area contributed by atoms with Gasteiger partial charge < -0.3 is 19.2 Å². The zero-order chi connectivity index (χ0) is 18.0. The van der Waals surface area contributed by atoms with Crippen molar-refractivity contribution in [3.63, 3.8) is 0 Å². The van der Waals surface area contributed by atoms with Gasteiger partial charge in [0.15, 0.2) is 0 Å². The highest BCUT2D eigenvalue weighted by Gasteiger charge is 2.35. The van der Waals surface area contributed by atoms with Gasteiger partial charge in [0, 0.05) is 18.7 Å². The highest BCUT2D eigenvalue weighted by Crippen LogP contribution is 2.23. The van der Waals surface area contributed by atoms with E-state index in [0.29, 0.717) is 30.2 Å². The number of rotatable bonds is 4. The van der Waals surface area contributed by atoms with Crippen LogP contribution in [0.2, 0.25) is 0 Å². The Labute approximate surface area is 145 Å². The van der Waals surface area contributed by atoms with E-state index in [4.69, 9.17) is 9.15 Å². The van der Waals surface area contributed by atoms with Gasteiger partial charge in [-0.25, -0.2) is 9.37 Å². The van der Waals surface area contributed by atoms with Gasteiger partial charge in [0.05, 0.1) is 30.4 Å². The van der Waals surface area contributed by atoms with Crippen LogP contribution < -0.4 is 0 Å². The van der Waals surface area contributed by atoms with E-state index in [1.54, 1.807) is 17.0 Å². The van der Waals surface area contributed by atoms with Crippen LogP contribution in [-0.2, 0) is 16.0 Å². The van der Waals surface area contributed by atoms with Gasteiger partial charge in [0.1, 0.15) is 12.1 Å². The quantitative estimate of drug-likeness (QED) is 0.915. The lowest BCUT2D eigenvalue weighted by molar-refractivity contribution is -0.166. The lowest BCUT2D eigenvalue weighted by Gasteiger charge is -2.42. The number of carbonyl (C=O) groups is 1. The first-order chi connectivity index (χ1) is 11.9. The molecule has 6 nitrogen and oxygen atoms in total. The van der Waals surface area contributed by atoms with Crippen molar-refractivity contribution in [2.75, 3.05) is 19.7 Å². The molecular weight excluding hydrogens is 327 g/mol. The van der Waals surface area contributed by atoms with Crippen molar-refractivity contribution in [3.05, 3.63) is 42.0 Å².